The Hall–Kier alpha value is -2.15. The van der Waals surface area contributed by atoms with Gasteiger partial charge in [-0.15, -0.1) is 0 Å². The van der Waals surface area contributed by atoms with E-state index in [0.29, 0.717) is 5.56 Å². The number of anilines is 1. The Morgan fingerprint density at radius 2 is 1.79 bits per heavy atom. The Morgan fingerprint density at radius 1 is 1.12 bits per heavy atom. The van der Waals surface area contributed by atoms with Gasteiger partial charge in [0.05, 0.1) is 49.4 Å². The van der Waals surface area contributed by atoms with E-state index in [2.05, 4.69) is 11.9 Å². The maximum absolute atomic E-state index is 13.0. The zero-order chi connectivity index (χ0) is 17.1. The van der Waals surface area contributed by atoms with Crippen molar-refractivity contribution < 1.29 is 14.6 Å². The number of likely N-dealkylation sites (N-methyl/N-ethyl adjacent to an activating group) is 1. The maximum atomic E-state index is 13.0. The lowest BCUT2D eigenvalue weighted by atomic mass is 10.1. The van der Waals surface area contributed by atoms with Crippen molar-refractivity contribution in [2.75, 3.05) is 51.2 Å². The molecule has 0 saturated carbocycles. The SMILES string of the molecule is C[NH+]1CCN(c2ccc([N+](=O)[O-])cc2C(=O)N2CCCCC2)CC1. The van der Waals surface area contributed by atoms with Gasteiger partial charge in [-0.25, -0.2) is 0 Å². The van der Waals surface area contributed by atoms with Gasteiger partial charge < -0.3 is 14.7 Å². The zero-order valence-corrected chi connectivity index (χ0v) is 14.2. The second-order valence-electron chi connectivity index (χ2n) is 6.76. The summed E-state index contributed by atoms with van der Waals surface area (Å²) in [6.07, 6.45) is 3.16. The summed E-state index contributed by atoms with van der Waals surface area (Å²) in [4.78, 5) is 29.2. The Balaban J connectivity index is 1.92. The first-order valence-corrected chi connectivity index (χ1v) is 8.70. The molecular weight excluding hydrogens is 308 g/mol. The highest BCUT2D eigenvalue weighted by atomic mass is 16.6. The van der Waals surface area contributed by atoms with Crippen LogP contribution in [0.25, 0.3) is 0 Å². The molecule has 0 atom stereocenters. The number of quaternary nitrogens is 1. The number of benzene rings is 1. The Morgan fingerprint density at radius 3 is 2.42 bits per heavy atom. The fourth-order valence-electron chi connectivity index (χ4n) is 3.48. The van der Waals surface area contributed by atoms with Crippen LogP contribution in [0.3, 0.4) is 0 Å². The molecular formula is C17H25N4O3+. The highest BCUT2D eigenvalue weighted by Gasteiger charge is 2.27. The van der Waals surface area contributed by atoms with Crippen molar-refractivity contribution >= 4 is 17.3 Å². The zero-order valence-electron chi connectivity index (χ0n) is 14.2. The molecule has 7 nitrogen and oxygen atoms in total. The lowest BCUT2D eigenvalue weighted by Gasteiger charge is -2.34. The number of piperazine rings is 1. The minimum atomic E-state index is -0.426. The van der Waals surface area contributed by atoms with Gasteiger partial charge in [0.15, 0.2) is 0 Å². The number of nitro benzene ring substituents is 1. The molecule has 0 unspecified atom stereocenters. The third-order valence-electron chi connectivity index (χ3n) is 5.02. The fraction of sp³-hybridized carbons (Fsp3) is 0.588. The molecule has 130 valence electrons. The second-order valence-corrected chi connectivity index (χ2v) is 6.76. The van der Waals surface area contributed by atoms with Crippen LogP contribution in [0, 0.1) is 10.1 Å². The van der Waals surface area contributed by atoms with Crippen LogP contribution >= 0.6 is 0 Å². The lowest BCUT2D eigenvalue weighted by molar-refractivity contribution is -0.880. The predicted octanol–water partition coefficient (Wildman–Crippen LogP) is 0.556. The van der Waals surface area contributed by atoms with E-state index in [1.165, 1.54) is 17.0 Å². The minimum absolute atomic E-state index is 0.0149. The van der Waals surface area contributed by atoms with Crippen molar-refractivity contribution in [3.63, 3.8) is 0 Å². The van der Waals surface area contributed by atoms with E-state index in [4.69, 9.17) is 0 Å². The number of likely N-dealkylation sites (tertiary alicyclic amines) is 1. The van der Waals surface area contributed by atoms with Crippen molar-refractivity contribution in [2.24, 2.45) is 0 Å². The van der Waals surface area contributed by atoms with E-state index in [0.717, 1.165) is 64.2 Å². The molecule has 2 aliphatic rings. The molecule has 0 bridgehead atoms. The summed E-state index contributed by atoms with van der Waals surface area (Å²) in [5.74, 6) is -0.0697. The summed E-state index contributed by atoms with van der Waals surface area (Å²) < 4.78 is 0. The normalized spacial score (nSPS) is 19.4. The first-order chi connectivity index (χ1) is 11.6. The molecule has 3 rings (SSSR count). The van der Waals surface area contributed by atoms with Gasteiger partial charge in [0.25, 0.3) is 11.6 Å². The molecule has 1 N–H and O–H groups in total. The number of nitro groups is 1. The number of carbonyl (C=O) groups is 1. The molecule has 2 aliphatic heterocycles. The van der Waals surface area contributed by atoms with E-state index in [-0.39, 0.29) is 11.6 Å². The largest absolute Gasteiger partial charge is 0.360 e. The molecule has 7 heteroatoms. The number of piperidine rings is 1. The Bertz CT molecular complexity index is 620. The van der Waals surface area contributed by atoms with Gasteiger partial charge in [0, 0.05) is 25.2 Å². The van der Waals surface area contributed by atoms with E-state index >= 15 is 0 Å². The number of nitrogens with zero attached hydrogens (tertiary/aromatic N) is 3. The quantitative estimate of drug-likeness (QED) is 0.648. The molecule has 0 aliphatic carbocycles. The molecule has 2 fully saturated rings. The van der Waals surface area contributed by atoms with Gasteiger partial charge >= 0.3 is 0 Å². The van der Waals surface area contributed by atoms with Crippen molar-refractivity contribution in [1.29, 1.82) is 0 Å². The molecule has 2 saturated heterocycles. The first kappa shape index (κ1) is 16.7. The highest BCUT2D eigenvalue weighted by Crippen LogP contribution is 2.28. The second kappa shape index (κ2) is 7.17. The number of hydrogen-bond acceptors (Lipinski definition) is 4. The van der Waals surface area contributed by atoms with E-state index in [1.807, 2.05) is 4.90 Å². The topological polar surface area (TPSA) is 71.1 Å². The van der Waals surface area contributed by atoms with Crippen LogP contribution in [0.15, 0.2) is 18.2 Å². The van der Waals surface area contributed by atoms with Crippen LogP contribution < -0.4 is 9.80 Å². The minimum Gasteiger partial charge on any atom is -0.360 e. The molecule has 0 aromatic heterocycles. The average molecular weight is 333 g/mol. The number of amides is 1. The van der Waals surface area contributed by atoms with Crippen LogP contribution in [0.4, 0.5) is 11.4 Å². The maximum Gasteiger partial charge on any atom is 0.270 e. The van der Waals surface area contributed by atoms with Crippen LogP contribution in [-0.2, 0) is 0 Å². The third-order valence-corrected chi connectivity index (χ3v) is 5.02. The molecule has 1 aromatic carbocycles. The highest BCUT2D eigenvalue weighted by molar-refractivity contribution is 6.00. The molecule has 0 spiro atoms. The van der Waals surface area contributed by atoms with Gasteiger partial charge in [-0.3, -0.25) is 14.9 Å². The first-order valence-electron chi connectivity index (χ1n) is 8.70. The summed E-state index contributed by atoms with van der Waals surface area (Å²) in [6, 6.07) is 4.71. The fourth-order valence-corrected chi connectivity index (χ4v) is 3.48. The Labute approximate surface area is 142 Å². The van der Waals surface area contributed by atoms with Crippen molar-refractivity contribution in [3.05, 3.63) is 33.9 Å². The summed E-state index contributed by atoms with van der Waals surface area (Å²) in [5.41, 5.74) is 1.30. The number of non-ortho nitro benzene ring substituents is 1. The standard InChI is InChI=1S/C17H24N4O3/c1-18-9-11-19(12-10-18)16-6-5-14(21(23)24)13-15(16)17(22)20-7-3-2-4-8-20/h5-6,13H,2-4,7-12H2,1H3/p+1. The van der Waals surface area contributed by atoms with Crippen LogP contribution in [0.1, 0.15) is 29.6 Å². The van der Waals surface area contributed by atoms with Crippen LogP contribution in [0.5, 0.6) is 0 Å². The van der Waals surface area contributed by atoms with Crippen molar-refractivity contribution in [3.8, 4) is 0 Å². The monoisotopic (exact) mass is 333 g/mol. The van der Waals surface area contributed by atoms with Crippen molar-refractivity contribution in [2.45, 2.75) is 19.3 Å². The Kier molecular flexibility index (Phi) is 4.99. The lowest BCUT2D eigenvalue weighted by Crippen LogP contribution is -3.12. The molecule has 0 radical (unpaired) electrons. The number of carbonyl (C=O) groups excluding carboxylic acids is 1. The molecule has 24 heavy (non-hydrogen) atoms. The van der Waals surface area contributed by atoms with Crippen LogP contribution in [0.2, 0.25) is 0 Å². The van der Waals surface area contributed by atoms with Crippen molar-refractivity contribution in [1.82, 2.24) is 4.90 Å². The molecule has 1 aromatic rings. The summed E-state index contributed by atoms with van der Waals surface area (Å²) in [5, 5.41) is 11.1. The van der Waals surface area contributed by atoms with E-state index in [9.17, 15) is 14.9 Å². The van der Waals surface area contributed by atoms with Gasteiger partial charge in [0.1, 0.15) is 0 Å². The van der Waals surface area contributed by atoms with Gasteiger partial charge in [-0.2, -0.15) is 0 Å². The summed E-state index contributed by atoms with van der Waals surface area (Å²) in [7, 11) is 2.16. The van der Waals surface area contributed by atoms with Crippen LogP contribution in [-0.4, -0.2) is 62.0 Å². The number of rotatable bonds is 3. The van der Waals surface area contributed by atoms with E-state index < -0.39 is 4.92 Å². The molecule has 2 heterocycles. The van der Waals surface area contributed by atoms with E-state index in [1.54, 1.807) is 6.07 Å². The summed E-state index contributed by atoms with van der Waals surface area (Å²) in [6.45, 7) is 5.23. The average Bonchev–Trinajstić information content (AvgIpc) is 2.62. The van der Waals surface area contributed by atoms with Gasteiger partial charge in [-0.1, -0.05) is 0 Å². The molecule has 1 amide bonds. The smallest absolute Gasteiger partial charge is 0.270 e. The third kappa shape index (κ3) is 3.51. The predicted molar refractivity (Wildman–Crippen MR) is 91.7 cm³/mol. The van der Waals surface area contributed by atoms with Gasteiger partial charge in [0.2, 0.25) is 0 Å². The van der Waals surface area contributed by atoms with Gasteiger partial charge in [-0.05, 0) is 25.3 Å². The number of nitrogens with one attached hydrogen (secondary N) is 1. The summed E-state index contributed by atoms with van der Waals surface area (Å²) >= 11 is 0. The number of hydrogen-bond donors (Lipinski definition) is 1.